The molecule has 0 radical (unpaired) electrons. The van der Waals surface area contributed by atoms with Crippen LogP contribution in [-0.4, -0.2) is 9.55 Å². The predicted molar refractivity (Wildman–Crippen MR) is 55.2 cm³/mol. The van der Waals surface area contributed by atoms with Crippen LogP contribution in [0.1, 0.15) is 11.4 Å². The van der Waals surface area contributed by atoms with Gasteiger partial charge in [0, 0.05) is 7.05 Å². The molecule has 0 aliphatic heterocycles. The molecule has 0 bridgehead atoms. The van der Waals surface area contributed by atoms with Gasteiger partial charge in [-0.1, -0.05) is 11.6 Å². The molecule has 0 spiro atoms. The van der Waals surface area contributed by atoms with E-state index in [9.17, 15) is 0 Å². The molecular formula is C10H8ClN3. The highest BCUT2D eigenvalue weighted by molar-refractivity contribution is 6.32. The first-order valence-corrected chi connectivity index (χ1v) is 4.54. The molecule has 0 amide bonds. The van der Waals surface area contributed by atoms with E-state index in [4.69, 9.17) is 16.9 Å². The minimum atomic E-state index is 0.470. The second-order valence-corrected chi connectivity index (χ2v) is 3.56. The molecule has 4 heteroatoms. The molecule has 0 saturated heterocycles. The van der Waals surface area contributed by atoms with E-state index in [1.54, 1.807) is 12.1 Å². The Labute approximate surface area is 86.5 Å². The molecule has 0 unspecified atom stereocenters. The highest BCUT2D eigenvalue weighted by Gasteiger charge is 2.08. The Bertz CT molecular complexity index is 548. The molecule has 3 nitrogen and oxygen atoms in total. The maximum Gasteiger partial charge on any atom is 0.106 e. The molecule has 0 aliphatic carbocycles. The molecule has 0 aliphatic rings. The maximum atomic E-state index is 8.78. The fourth-order valence-corrected chi connectivity index (χ4v) is 1.62. The van der Waals surface area contributed by atoms with Crippen molar-refractivity contribution in [2.75, 3.05) is 0 Å². The van der Waals surface area contributed by atoms with Gasteiger partial charge in [0.05, 0.1) is 21.6 Å². The summed E-state index contributed by atoms with van der Waals surface area (Å²) in [6, 6.07) is 5.52. The summed E-state index contributed by atoms with van der Waals surface area (Å²) in [5.74, 6) is 0.908. The van der Waals surface area contributed by atoms with Crippen molar-refractivity contribution in [3.05, 3.63) is 28.5 Å². The van der Waals surface area contributed by atoms with Gasteiger partial charge in [-0.3, -0.25) is 0 Å². The molecule has 2 rings (SSSR count). The minimum Gasteiger partial charge on any atom is -0.331 e. The number of benzene rings is 1. The first-order valence-electron chi connectivity index (χ1n) is 4.16. The second kappa shape index (κ2) is 3.00. The second-order valence-electron chi connectivity index (χ2n) is 3.15. The van der Waals surface area contributed by atoms with E-state index in [1.165, 1.54) is 0 Å². The van der Waals surface area contributed by atoms with E-state index in [1.807, 2.05) is 24.6 Å². The number of nitrogens with zero attached hydrogens (tertiary/aromatic N) is 3. The minimum absolute atomic E-state index is 0.470. The number of nitriles is 1. The summed E-state index contributed by atoms with van der Waals surface area (Å²) >= 11 is 5.92. The zero-order valence-electron chi connectivity index (χ0n) is 7.87. The normalized spacial score (nSPS) is 10.4. The van der Waals surface area contributed by atoms with Crippen molar-refractivity contribution >= 4 is 22.6 Å². The Morgan fingerprint density at radius 2 is 2.21 bits per heavy atom. The number of hydrogen-bond donors (Lipinski definition) is 0. The molecule has 1 aromatic heterocycles. The first kappa shape index (κ1) is 9.04. The van der Waals surface area contributed by atoms with Crippen molar-refractivity contribution in [2.45, 2.75) is 6.92 Å². The van der Waals surface area contributed by atoms with E-state index < -0.39 is 0 Å². The molecule has 0 saturated carbocycles. The third-order valence-corrected chi connectivity index (χ3v) is 2.63. The van der Waals surface area contributed by atoms with Crippen LogP contribution in [0.2, 0.25) is 5.02 Å². The first-order chi connectivity index (χ1) is 6.63. The number of fused-ring (bicyclic) bond motifs is 1. The van der Waals surface area contributed by atoms with Gasteiger partial charge in [-0.15, -0.1) is 0 Å². The van der Waals surface area contributed by atoms with Crippen LogP contribution < -0.4 is 0 Å². The van der Waals surface area contributed by atoms with Crippen molar-refractivity contribution in [3.63, 3.8) is 0 Å². The Morgan fingerprint density at radius 3 is 2.86 bits per heavy atom. The lowest BCUT2D eigenvalue weighted by atomic mass is 10.2. The maximum absolute atomic E-state index is 8.78. The molecule has 2 aromatic rings. The summed E-state index contributed by atoms with van der Waals surface area (Å²) in [4.78, 5) is 4.32. The van der Waals surface area contributed by atoms with Crippen LogP contribution in [-0.2, 0) is 7.05 Å². The summed E-state index contributed by atoms with van der Waals surface area (Å²) in [6.07, 6.45) is 0. The monoisotopic (exact) mass is 205 g/mol. The molecule has 1 heterocycles. The number of rotatable bonds is 0. The summed E-state index contributed by atoms with van der Waals surface area (Å²) in [6.45, 7) is 1.92. The average Bonchev–Trinajstić information content (AvgIpc) is 2.43. The quantitative estimate of drug-likeness (QED) is 0.663. The lowest BCUT2D eigenvalue weighted by Crippen LogP contribution is -1.90. The summed E-state index contributed by atoms with van der Waals surface area (Å²) in [7, 11) is 1.92. The van der Waals surface area contributed by atoms with Crippen molar-refractivity contribution < 1.29 is 0 Å². The predicted octanol–water partition coefficient (Wildman–Crippen LogP) is 2.41. The van der Waals surface area contributed by atoms with E-state index in [-0.39, 0.29) is 0 Å². The van der Waals surface area contributed by atoms with Gasteiger partial charge in [0.2, 0.25) is 0 Å². The number of hydrogen-bond acceptors (Lipinski definition) is 2. The molecule has 0 N–H and O–H groups in total. The van der Waals surface area contributed by atoms with Crippen LogP contribution in [0.5, 0.6) is 0 Å². The van der Waals surface area contributed by atoms with Gasteiger partial charge in [0.15, 0.2) is 0 Å². The molecule has 1 aromatic carbocycles. The number of halogens is 1. The van der Waals surface area contributed by atoms with Crippen LogP contribution in [0.25, 0.3) is 11.0 Å². The van der Waals surface area contributed by atoms with E-state index >= 15 is 0 Å². The largest absolute Gasteiger partial charge is 0.331 e. The van der Waals surface area contributed by atoms with Crippen molar-refractivity contribution in [2.24, 2.45) is 7.05 Å². The fraction of sp³-hybridized carbons (Fsp3) is 0.200. The van der Waals surface area contributed by atoms with Crippen LogP contribution >= 0.6 is 11.6 Å². The van der Waals surface area contributed by atoms with E-state index in [2.05, 4.69) is 4.98 Å². The number of imidazole rings is 1. The van der Waals surface area contributed by atoms with Crippen molar-refractivity contribution in [3.8, 4) is 6.07 Å². The summed E-state index contributed by atoms with van der Waals surface area (Å²) in [5.41, 5.74) is 2.23. The highest BCUT2D eigenvalue weighted by Crippen LogP contribution is 2.23. The Kier molecular flexibility index (Phi) is 1.94. The Hall–Kier alpha value is -1.53. The third-order valence-electron chi connectivity index (χ3n) is 2.31. The van der Waals surface area contributed by atoms with E-state index in [0.717, 1.165) is 16.9 Å². The Balaban J connectivity index is 2.88. The third kappa shape index (κ3) is 1.16. The summed E-state index contributed by atoms with van der Waals surface area (Å²) < 4.78 is 1.95. The summed E-state index contributed by atoms with van der Waals surface area (Å²) in [5, 5.41) is 9.26. The average molecular weight is 206 g/mol. The number of aromatic nitrogens is 2. The van der Waals surface area contributed by atoms with Gasteiger partial charge in [0.1, 0.15) is 11.9 Å². The van der Waals surface area contributed by atoms with Gasteiger partial charge in [-0.25, -0.2) is 4.98 Å². The van der Waals surface area contributed by atoms with Crippen LogP contribution in [0.4, 0.5) is 0 Å². The van der Waals surface area contributed by atoms with Gasteiger partial charge >= 0.3 is 0 Å². The van der Waals surface area contributed by atoms with Crippen LogP contribution in [0, 0.1) is 18.3 Å². The van der Waals surface area contributed by atoms with Gasteiger partial charge in [-0.2, -0.15) is 5.26 Å². The van der Waals surface area contributed by atoms with Gasteiger partial charge in [-0.05, 0) is 19.1 Å². The fourth-order valence-electron chi connectivity index (χ4n) is 1.42. The van der Waals surface area contributed by atoms with Gasteiger partial charge in [0.25, 0.3) is 0 Å². The molecular weight excluding hydrogens is 198 g/mol. The zero-order valence-corrected chi connectivity index (χ0v) is 8.63. The lowest BCUT2D eigenvalue weighted by Gasteiger charge is -1.98. The molecule has 70 valence electrons. The van der Waals surface area contributed by atoms with Gasteiger partial charge < -0.3 is 4.57 Å². The number of aryl methyl sites for hydroxylation is 2. The SMILES string of the molecule is Cc1nc2cc(C#N)c(Cl)cc2n1C. The van der Waals surface area contributed by atoms with E-state index in [0.29, 0.717) is 10.6 Å². The lowest BCUT2D eigenvalue weighted by molar-refractivity contribution is 0.886. The zero-order chi connectivity index (χ0) is 10.3. The topological polar surface area (TPSA) is 41.6 Å². The Morgan fingerprint density at radius 1 is 1.50 bits per heavy atom. The standard InChI is InChI=1S/C10H8ClN3/c1-6-13-9-3-7(5-12)8(11)4-10(9)14(6)2/h3-4H,1-2H3. The molecule has 0 fully saturated rings. The van der Waals surface area contributed by atoms with Crippen molar-refractivity contribution in [1.29, 1.82) is 5.26 Å². The van der Waals surface area contributed by atoms with Crippen molar-refractivity contribution in [1.82, 2.24) is 9.55 Å². The van der Waals surface area contributed by atoms with Crippen LogP contribution in [0.15, 0.2) is 12.1 Å². The smallest absolute Gasteiger partial charge is 0.106 e. The molecule has 14 heavy (non-hydrogen) atoms. The van der Waals surface area contributed by atoms with Crippen LogP contribution in [0.3, 0.4) is 0 Å². The molecule has 0 atom stereocenters. The highest BCUT2D eigenvalue weighted by atomic mass is 35.5.